The predicted octanol–water partition coefficient (Wildman–Crippen LogP) is 3.87. The zero-order valence-electron chi connectivity index (χ0n) is 13.2. The van der Waals surface area contributed by atoms with Gasteiger partial charge in [0, 0.05) is 18.7 Å². The molecule has 2 rings (SSSR count). The van der Waals surface area contributed by atoms with Crippen molar-refractivity contribution in [2.75, 3.05) is 11.9 Å². The first-order valence-corrected chi connectivity index (χ1v) is 8.10. The number of anilines is 1. The SMILES string of the molecule is CC1CCCCC1OCCCC(=O)Nc1cccc(C#N)c1. The second-order valence-electron chi connectivity index (χ2n) is 6.02. The lowest BCUT2D eigenvalue weighted by molar-refractivity contribution is -0.116. The van der Waals surface area contributed by atoms with Crippen molar-refractivity contribution >= 4 is 11.6 Å². The fraction of sp³-hybridized carbons (Fsp3) is 0.556. The van der Waals surface area contributed by atoms with Gasteiger partial charge in [0.1, 0.15) is 0 Å². The maximum absolute atomic E-state index is 11.9. The van der Waals surface area contributed by atoms with Crippen LogP contribution >= 0.6 is 0 Å². The fourth-order valence-corrected chi connectivity index (χ4v) is 2.89. The number of amides is 1. The van der Waals surface area contributed by atoms with E-state index in [1.165, 1.54) is 19.3 Å². The van der Waals surface area contributed by atoms with Crippen LogP contribution in [0.15, 0.2) is 24.3 Å². The Morgan fingerprint density at radius 1 is 1.41 bits per heavy atom. The van der Waals surface area contributed by atoms with E-state index in [-0.39, 0.29) is 5.91 Å². The summed E-state index contributed by atoms with van der Waals surface area (Å²) in [4.78, 5) is 11.9. The van der Waals surface area contributed by atoms with Crippen LogP contribution in [-0.4, -0.2) is 18.6 Å². The van der Waals surface area contributed by atoms with Crippen molar-refractivity contribution in [3.63, 3.8) is 0 Å². The van der Waals surface area contributed by atoms with Crippen LogP contribution in [0.4, 0.5) is 5.69 Å². The fourth-order valence-electron chi connectivity index (χ4n) is 2.89. The van der Waals surface area contributed by atoms with E-state index in [1.807, 2.05) is 0 Å². The van der Waals surface area contributed by atoms with Gasteiger partial charge in [-0.3, -0.25) is 4.79 Å². The van der Waals surface area contributed by atoms with Crippen LogP contribution in [0.3, 0.4) is 0 Å². The van der Waals surface area contributed by atoms with Gasteiger partial charge in [-0.05, 0) is 43.4 Å². The molecule has 0 aromatic heterocycles. The Hall–Kier alpha value is -1.86. The van der Waals surface area contributed by atoms with Gasteiger partial charge in [0.05, 0.1) is 17.7 Å². The van der Waals surface area contributed by atoms with E-state index in [1.54, 1.807) is 24.3 Å². The number of hydrogen-bond donors (Lipinski definition) is 1. The number of benzene rings is 1. The molecular formula is C18H24N2O2. The van der Waals surface area contributed by atoms with Crippen molar-refractivity contribution < 1.29 is 9.53 Å². The molecule has 1 aromatic carbocycles. The molecule has 1 aliphatic carbocycles. The molecule has 0 heterocycles. The minimum atomic E-state index is -0.0321. The summed E-state index contributed by atoms with van der Waals surface area (Å²) in [5.74, 6) is 0.603. The number of ether oxygens (including phenoxy) is 1. The van der Waals surface area contributed by atoms with Gasteiger partial charge in [-0.15, -0.1) is 0 Å². The molecule has 0 aliphatic heterocycles. The molecule has 1 saturated carbocycles. The first kappa shape index (κ1) is 16.5. The van der Waals surface area contributed by atoms with Crippen LogP contribution < -0.4 is 5.32 Å². The van der Waals surface area contributed by atoms with Gasteiger partial charge in [0.15, 0.2) is 0 Å². The monoisotopic (exact) mass is 300 g/mol. The lowest BCUT2D eigenvalue weighted by Gasteiger charge is -2.28. The van der Waals surface area contributed by atoms with Gasteiger partial charge < -0.3 is 10.1 Å². The van der Waals surface area contributed by atoms with E-state index in [0.29, 0.717) is 36.3 Å². The number of carbonyl (C=O) groups is 1. The highest BCUT2D eigenvalue weighted by Gasteiger charge is 2.21. The Bertz CT molecular complexity index is 536. The van der Waals surface area contributed by atoms with Crippen molar-refractivity contribution in [3.8, 4) is 6.07 Å². The van der Waals surface area contributed by atoms with E-state index < -0.39 is 0 Å². The van der Waals surface area contributed by atoms with Gasteiger partial charge >= 0.3 is 0 Å². The molecule has 1 aliphatic rings. The summed E-state index contributed by atoms with van der Waals surface area (Å²) in [6.45, 7) is 2.89. The van der Waals surface area contributed by atoms with Crippen LogP contribution in [-0.2, 0) is 9.53 Å². The maximum atomic E-state index is 11.9. The molecule has 1 amide bonds. The number of hydrogen-bond acceptors (Lipinski definition) is 3. The van der Waals surface area contributed by atoms with Gasteiger partial charge in [0.2, 0.25) is 5.91 Å². The second-order valence-corrected chi connectivity index (χ2v) is 6.02. The van der Waals surface area contributed by atoms with Crippen molar-refractivity contribution in [1.82, 2.24) is 0 Å². The molecule has 4 heteroatoms. The number of nitrogens with one attached hydrogen (secondary N) is 1. The summed E-state index contributed by atoms with van der Waals surface area (Å²) in [6, 6.07) is 9.01. The van der Waals surface area contributed by atoms with E-state index in [0.717, 1.165) is 12.8 Å². The van der Waals surface area contributed by atoms with E-state index in [4.69, 9.17) is 10.00 Å². The molecule has 2 atom stereocenters. The minimum Gasteiger partial charge on any atom is -0.378 e. The average Bonchev–Trinajstić information content (AvgIpc) is 2.53. The highest BCUT2D eigenvalue weighted by molar-refractivity contribution is 5.90. The molecule has 22 heavy (non-hydrogen) atoms. The van der Waals surface area contributed by atoms with Gasteiger partial charge in [-0.2, -0.15) is 5.26 Å². The largest absolute Gasteiger partial charge is 0.378 e. The van der Waals surface area contributed by atoms with Crippen molar-refractivity contribution in [2.24, 2.45) is 5.92 Å². The molecule has 1 fully saturated rings. The Balaban J connectivity index is 1.66. The Morgan fingerprint density at radius 2 is 2.23 bits per heavy atom. The lowest BCUT2D eigenvalue weighted by Crippen LogP contribution is -2.26. The molecule has 0 saturated heterocycles. The number of rotatable bonds is 6. The van der Waals surface area contributed by atoms with Gasteiger partial charge in [0.25, 0.3) is 0 Å². The number of nitrogens with zero attached hydrogens (tertiary/aromatic N) is 1. The van der Waals surface area contributed by atoms with Crippen LogP contribution in [0.1, 0.15) is 51.0 Å². The van der Waals surface area contributed by atoms with Crippen molar-refractivity contribution in [1.29, 1.82) is 5.26 Å². The third-order valence-corrected chi connectivity index (χ3v) is 4.19. The Morgan fingerprint density at radius 3 is 3.00 bits per heavy atom. The summed E-state index contributed by atoms with van der Waals surface area (Å²) in [5, 5.41) is 11.7. The summed E-state index contributed by atoms with van der Waals surface area (Å²) < 4.78 is 5.91. The smallest absolute Gasteiger partial charge is 0.224 e. The zero-order valence-corrected chi connectivity index (χ0v) is 13.2. The average molecular weight is 300 g/mol. The van der Waals surface area contributed by atoms with Crippen molar-refractivity contribution in [3.05, 3.63) is 29.8 Å². The topological polar surface area (TPSA) is 62.1 Å². The lowest BCUT2D eigenvalue weighted by atomic mass is 9.88. The van der Waals surface area contributed by atoms with E-state index in [2.05, 4.69) is 18.3 Å². The predicted molar refractivity (Wildman–Crippen MR) is 86.4 cm³/mol. The van der Waals surface area contributed by atoms with Gasteiger partial charge in [-0.25, -0.2) is 0 Å². The number of carbonyl (C=O) groups excluding carboxylic acids is 1. The summed E-state index contributed by atoms with van der Waals surface area (Å²) >= 11 is 0. The molecule has 118 valence electrons. The van der Waals surface area contributed by atoms with E-state index in [9.17, 15) is 4.79 Å². The molecular weight excluding hydrogens is 276 g/mol. The summed E-state index contributed by atoms with van der Waals surface area (Å²) in [7, 11) is 0. The molecule has 4 nitrogen and oxygen atoms in total. The standard InChI is InChI=1S/C18H24N2O2/c1-14-6-2-3-9-17(14)22-11-5-10-18(21)20-16-8-4-7-15(12-16)13-19/h4,7-8,12,14,17H,2-3,5-6,9-11H2,1H3,(H,20,21). The molecule has 0 radical (unpaired) electrons. The number of nitriles is 1. The highest BCUT2D eigenvalue weighted by atomic mass is 16.5. The van der Waals surface area contributed by atoms with Crippen LogP contribution in [0.2, 0.25) is 0 Å². The summed E-state index contributed by atoms with van der Waals surface area (Å²) in [5.41, 5.74) is 1.22. The van der Waals surface area contributed by atoms with Crippen LogP contribution in [0.25, 0.3) is 0 Å². The Labute approximate surface area is 132 Å². The van der Waals surface area contributed by atoms with Gasteiger partial charge in [-0.1, -0.05) is 25.8 Å². The zero-order chi connectivity index (χ0) is 15.8. The van der Waals surface area contributed by atoms with Crippen LogP contribution in [0.5, 0.6) is 0 Å². The first-order chi connectivity index (χ1) is 10.7. The van der Waals surface area contributed by atoms with E-state index >= 15 is 0 Å². The normalized spacial score (nSPS) is 21.1. The molecule has 0 bridgehead atoms. The first-order valence-electron chi connectivity index (χ1n) is 8.10. The quantitative estimate of drug-likeness (QED) is 0.811. The van der Waals surface area contributed by atoms with Crippen molar-refractivity contribution in [2.45, 2.75) is 51.6 Å². The van der Waals surface area contributed by atoms with Crippen LogP contribution in [0, 0.1) is 17.2 Å². The maximum Gasteiger partial charge on any atom is 0.224 e. The highest BCUT2D eigenvalue weighted by Crippen LogP contribution is 2.26. The Kier molecular flexibility index (Phi) is 6.42. The summed E-state index contributed by atoms with van der Waals surface area (Å²) in [6.07, 6.45) is 6.50. The third kappa shape index (κ3) is 5.16. The molecule has 1 N–H and O–H groups in total. The third-order valence-electron chi connectivity index (χ3n) is 4.19. The minimum absolute atomic E-state index is 0.0321. The molecule has 0 spiro atoms. The second kappa shape index (κ2) is 8.55. The molecule has 1 aromatic rings. The molecule has 2 unspecified atom stereocenters.